The molecule has 9 nitrogen and oxygen atoms in total. The number of piperazine rings is 1. The van der Waals surface area contributed by atoms with E-state index in [0.29, 0.717) is 31.7 Å². The van der Waals surface area contributed by atoms with E-state index in [1.54, 1.807) is 23.1 Å². The molecule has 2 aromatic carbocycles. The van der Waals surface area contributed by atoms with Crippen molar-refractivity contribution in [3.8, 4) is 0 Å². The van der Waals surface area contributed by atoms with E-state index in [1.807, 2.05) is 36.9 Å². The van der Waals surface area contributed by atoms with Gasteiger partial charge in [-0.2, -0.15) is 0 Å². The molecule has 2 amide bonds. The number of sulfonamides is 1. The molecule has 34 heavy (non-hydrogen) atoms. The molecule has 0 bridgehead atoms. The van der Waals surface area contributed by atoms with Crippen molar-refractivity contribution in [2.45, 2.75) is 25.2 Å². The van der Waals surface area contributed by atoms with Crippen LogP contribution in [0.15, 0.2) is 52.4 Å². The molecular weight excluding hydrogens is 454 g/mol. The normalized spacial score (nSPS) is 18.4. The Labute approximate surface area is 199 Å². The van der Waals surface area contributed by atoms with Gasteiger partial charge in [0.05, 0.1) is 18.0 Å². The molecule has 0 unspecified atom stereocenters. The van der Waals surface area contributed by atoms with Gasteiger partial charge in [-0.15, -0.1) is 0 Å². The van der Waals surface area contributed by atoms with Crippen molar-refractivity contribution in [2.75, 3.05) is 44.6 Å². The highest BCUT2D eigenvalue weighted by Gasteiger charge is 2.30. The van der Waals surface area contributed by atoms with Gasteiger partial charge in [-0.25, -0.2) is 8.42 Å². The number of aryl methyl sites for hydroxylation is 1. The Morgan fingerprint density at radius 3 is 2.53 bits per heavy atom. The largest absolute Gasteiger partial charge is 0.340 e. The summed E-state index contributed by atoms with van der Waals surface area (Å²) in [4.78, 5) is 33.4. The third-order valence-corrected chi connectivity index (χ3v) is 7.63. The van der Waals surface area contributed by atoms with Crippen LogP contribution in [0, 0.1) is 13.8 Å². The molecule has 0 radical (unpaired) electrons. The van der Waals surface area contributed by atoms with Crippen molar-refractivity contribution in [2.24, 2.45) is 4.99 Å². The zero-order chi connectivity index (χ0) is 24.3. The number of carbonyl (C=O) groups excluding carboxylic acids is 2. The van der Waals surface area contributed by atoms with E-state index >= 15 is 0 Å². The fourth-order valence-corrected chi connectivity index (χ4v) is 5.36. The van der Waals surface area contributed by atoms with Crippen LogP contribution in [0.4, 0.5) is 5.69 Å². The molecule has 2 heterocycles. The highest BCUT2D eigenvalue weighted by molar-refractivity contribution is 7.90. The van der Waals surface area contributed by atoms with Crippen LogP contribution in [0.2, 0.25) is 0 Å². The Hall–Kier alpha value is -3.24. The van der Waals surface area contributed by atoms with Gasteiger partial charge in [0.15, 0.2) is 0 Å². The highest BCUT2D eigenvalue weighted by atomic mass is 32.2. The second-order valence-electron chi connectivity index (χ2n) is 8.53. The van der Waals surface area contributed by atoms with Crippen molar-refractivity contribution in [3.05, 3.63) is 59.2 Å². The first-order chi connectivity index (χ1) is 16.2. The van der Waals surface area contributed by atoms with Crippen LogP contribution in [-0.2, 0) is 19.6 Å². The van der Waals surface area contributed by atoms with Gasteiger partial charge in [0.2, 0.25) is 11.8 Å². The highest BCUT2D eigenvalue weighted by Crippen LogP contribution is 2.22. The first-order valence-electron chi connectivity index (χ1n) is 11.3. The molecule has 0 saturated carbocycles. The summed E-state index contributed by atoms with van der Waals surface area (Å²) in [5.74, 6) is 0.185. The van der Waals surface area contributed by atoms with E-state index in [4.69, 9.17) is 0 Å². The average molecular weight is 484 g/mol. The monoisotopic (exact) mass is 483 g/mol. The van der Waals surface area contributed by atoms with Crippen molar-refractivity contribution < 1.29 is 18.0 Å². The number of rotatable bonds is 6. The lowest BCUT2D eigenvalue weighted by Gasteiger charge is -2.34. The summed E-state index contributed by atoms with van der Waals surface area (Å²) < 4.78 is 26.7. The number of anilines is 1. The van der Waals surface area contributed by atoms with Gasteiger partial charge in [-0.1, -0.05) is 24.3 Å². The summed E-state index contributed by atoms with van der Waals surface area (Å²) in [6.45, 7) is 6.80. The van der Waals surface area contributed by atoms with Crippen LogP contribution in [0.3, 0.4) is 0 Å². The zero-order valence-electron chi connectivity index (χ0n) is 19.4. The number of fused-ring (bicyclic) bond motifs is 1. The number of nitrogens with one attached hydrogen (secondary N) is 2. The second kappa shape index (κ2) is 9.94. The quantitative estimate of drug-likeness (QED) is 0.647. The Morgan fingerprint density at radius 2 is 1.76 bits per heavy atom. The van der Waals surface area contributed by atoms with Crippen LogP contribution in [0.25, 0.3) is 0 Å². The van der Waals surface area contributed by atoms with Crippen LogP contribution in [-0.4, -0.2) is 75.1 Å². The molecule has 2 aliphatic rings. The van der Waals surface area contributed by atoms with Gasteiger partial charge in [0.25, 0.3) is 10.0 Å². The molecular formula is C24H29N5O4S. The molecule has 0 aromatic heterocycles. The Balaban J connectivity index is 1.23. The molecule has 1 fully saturated rings. The Morgan fingerprint density at radius 1 is 1.03 bits per heavy atom. The van der Waals surface area contributed by atoms with Gasteiger partial charge < -0.3 is 10.2 Å². The molecule has 10 heteroatoms. The van der Waals surface area contributed by atoms with E-state index < -0.39 is 10.0 Å². The summed E-state index contributed by atoms with van der Waals surface area (Å²) in [5.41, 5.74) is 3.55. The number of benzene rings is 2. The van der Waals surface area contributed by atoms with Crippen molar-refractivity contribution >= 4 is 33.4 Å². The fraction of sp³-hybridized carbons (Fsp3) is 0.375. The molecule has 0 spiro atoms. The topological polar surface area (TPSA) is 111 Å². The molecule has 0 aliphatic carbocycles. The second-order valence-corrected chi connectivity index (χ2v) is 10.2. The SMILES string of the molecule is Cc1cccc(NC(=O)CN2CCN(C(=O)CCN=C3NS(=O)(=O)c4ccccc43)CC2)c1C. The smallest absolute Gasteiger partial charge is 0.263 e. The molecule has 2 aromatic rings. The summed E-state index contributed by atoms with van der Waals surface area (Å²) in [7, 11) is -3.58. The van der Waals surface area contributed by atoms with E-state index in [0.717, 1.165) is 16.8 Å². The minimum absolute atomic E-state index is 0.0297. The summed E-state index contributed by atoms with van der Waals surface area (Å²) in [6.07, 6.45) is 0.195. The third kappa shape index (κ3) is 5.28. The number of hydrogen-bond acceptors (Lipinski definition) is 6. The summed E-state index contributed by atoms with van der Waals surface area (Å²) >= 11 is 0. The van der Waals surface area contributed by atoms with Gasteiger partial charge >= 0.3 is 0 Å². The number of aliphatic imine (C=N–C) groups is 1. The van der Waals surface area contributed by atoms with Gasteiger partial charge in [-0.3, -0.25) is 24.2 Å². The molecule has 2 N–H and O–H groups in total. The van der Waals surface area contributed by atoms with Crippen molar-refractivity contribution in [1.82, 2.24) is 14.5 Å². The van der Waals surface area contributed by atoms with Gasteiger partial charge in [0, 0.05) is 43.9 Å². The maximum absolute atomic E-state index is 12.6. The number of carbonyl (C=O) groups is 2. The van der Waals surface area contributed by atoms with Crippen LogP contribution < -0.4 is 10.0 Å². The van der Waals surface area contributed by atoms with Gasteiger partial charge in [0.1, 0.15) is 5.84 Å². The Kier molecular flexibility index (Phi) is 6.99. The van der Waals surface area contributed by atoms with Crippen LogP contribution in [0.1, 0.15) is 23.1 Å². The maximum Gasteiger partial charge on any atom is 0.263 e. The van der Waals surface area contributed by atoms with Gasteiger partial charge in [-0.05, 0) is 43.2 Å². The predicted molar refractivity (Wildman–Crippen MR) is 130 cm³/mol. The van der Waals surface area contributed by atoms with E-state index in [9.17, 15) is 18.0 Å². The number of amides is 2. The zero-order valence-corrected chi connectivity index (χ0v) is 20.2. The molecule has 180 valence electrons. The number of hydrogen-bond donors (Lipinski definition) is 2. The van der Waals surface area contributed by atoms with Crippen molar-refractivity contribution in [1.29, 1.82) is 0 Å². The minimum Gasteiger partial charge on any atom is -0.340 e. The van der Waals surface area contributed by atoms with Crippen LogP contribution in [0.5, 0.6) is 0 Å². The third-order valence-electron chi connectivity index (χ3n) is 6.23. The minimum atomic E-state index is -3.58. The van der Waals surface area contributed by atoms with E-state index in [1.165, 1.54) is 6.07 Å². The summed E-state index contributed by atoms with van der Waals surface area (Å²) in [5, 5.41) is 2.98. The lowest BCUT2D eigenvalue weighted by molar-refractivity contribution is -0.132. The number of amidine groups is 1. The van der Waals surface area contributed by atoms with E-state index in [2.05, 4.69) is 15.0 Å². The van der Waals surface area contributed by atoms with Crippen LogP contribution >= 0.6 is 0 Å². The van der Waals surface area contributed by atoms with Crippen molar-refractivity contribution in [3.63, 3.8) is 0 Å². The average Bonchev–Trinajstić information content (AvgIpc) is 3.07. The van der Waals surface area contributed by atoms with E-state index in [-0.39, 0.29) is 42.1 Å². The summed E-state index contributed by atoms with van der Waals surface area (Å²) in [6, 6.07) is 12.5. The molecule has 1 saturated heterocycles. The standard InChI is InChI=1S/C24H29N5O4S/c1-17-6-5-8-20(18(17)2)26-22(30)16-28-12-14-29(15-13-28)23(31)10-11-25-24-19-7-3-4-9-21(19)34(32,33)27-24/h3-9H,10-16H2,1-2H3,(H,25,27)(H,26,30). The lowest BCUT2D eigenvalue weighted by atomic mass is 10.1. The Bertz CT molecular complexity index is 1230. The number of nitrogens with zero attached hydrogens (tertiary/aromatic N) is 3. The molecule has 4 rings (SSSR count). The molecule has 2 aliphatic heterocycles. The molecule has 0 atom stereocenters. The maximum atomic E-state index is 12.6. The predicted octanol–water partition coefficient (Wildman–Crippen LogP) is 1.51. The first kappa shape index (κ1) is 23.9. The lowest BCUT2D eigenvalue weighted by Crippen LogP contribution is -2.50. The first-order valence-corrected chi connectivity index (χ1v) is 12.8. The fourth-order valence-electron chi connectivity index (χ4n) is 4.11.